The lowest BCUT2D eigenvalue weighted by molar-refractivity contribution is -0.144. The molecule has 0 radical (unpaired) electrons. The van der Waals surface area contributed by atoms with E-state index in [2.05, 4.69) is 26.3 Å². The molecule has 296 valence electrons. The molecular weight excluding hydrogens is 735 g/mol. The minimum Gasteiger partial charge on any atom is -0.481 e. The van der Waals surface area contributed by atoms with E-state index in [1.165, 1.54) is 0 Å². The smallest absolute Gasteiger partial charge is 0.307 e. The summed E-state index contributed by atoms with van der Waals surface area (Å²) in [6.45, 7) is 0. The van der Waals surface area contributed by atoms with Crippen LogP contribution < -0.4 is 21.3 Å². The van der Waals surface area contributed by atoms with Crippen LogP contribution in [0.1, 0.15) is 41.5 Å². The Hall–Kier alpha value is -6.95. The molecule has 2 aliphatic rings. The highest BCUT2D eigenvalue weighted by Crippen LogP contribution is 2.21. The van der Waals surface area contributed by atoms with Gasteiger partial charge in [-0.15, -0.1) is 0 Å². The van der Waals surface area contributed by atoms with Gasteiger partial charge in [0.1, 0.15) is 12.1 Å². The topological polar surface area (TPSA) is 184 Å². The van der Waals surface area contributed by atoms with Gasteiger partial charge in [0.15, 0.2) is 5.78 Å². The third-order valence-electron chi connectivity index (χ3n) is 10.0. The van der Waals surface area contributed by atoms with Crippen LogP contribution in [0, 0.1) is 5.92 Å². The number of carboxylic acids is 1. The number of hydrogen-bond donors (Lipinski definition) is 5. The van der Waals surface area contributed by atoms with Crippen LogP contribution in [0.2, 0.25) is 0 Å². The molecule has 4 amide bonds. The Morgan fingerprint density at radius 1 is 0.569 bits per heavy atom. The fraction of sp³-hybridized carbons (Fsp3) is 0.239. The molecular formula is C46H45N5O7. The van der Waals surface area contributed by atoms with Crippen LogP contribution in [0.4, 0.5) is 5.69 Å². The van der Waals surface area contributed by atoms with Crippen molar-refractivity contribution in [2.75, 3.05) is 5.32 Å². The lowest BCUT2D eigenvalue weighted by atomic mass is 9.90. The number of carbonyl (C=O) groups is 6. The van der Waals surface area contributed by atoms with E-state index in [4.69, 9.17) is 0 Å². The summed E-state index contributed by atoms with van der Waals surface area (Å²) in [6.07, 6.45) is 2.56. The van der Waals surface area contributed by atoms with E-state index in [1.54, 1.807) is 60.9 Å². The summed E-state index contributed by atoms with van der Waals surface area (Å²) >= 11 is 0. The van der Waals surface area contributed by atoms with Crippen LogP contribution >= 0.6 is 0 Å². The average molecular weight is 780 g/mol. The van der Waals surface area contributed by atoms with Crippen LogP contribution in [0.15, 0.2) is 134 Å². The number of aliphatic carboxylic acids is 1. The van der Waals surface area contributed by atoms with Crippen LogP contribution in [0.3, 0.4) is 0 Å². The summed E-state index contributed by atoms with van der Waals surface area (Å²) in [7, 11) is 0. The Morgan fingerprint density at radius 2 is 1.12 bits per heavy atom. The monoisotopic (exact) mass is 779 g/mol. The molecule has 2 bridgehead atoms. The fourth-order valence-corrected chi connectivity index (χ4v) is 6.87. The van der Waals surface area contributed by atoms with Crippen LogP contribution in [0.5, 0.6) is 0 Å². The first-order valence-electron chi connectivity index (χ1n) is 19.2. The first-order chi connectivity index (χ1) is 28.1. The number of anilines is 1. The molecule has 58 heavy (non-hydrogen) atoms. The highest BCUT2D eigenvalue weighted by atomic mass is 16.4. The number of Topliss-reactive ketones (excluding diaryl/α,β-unsaturated/α-hetero) is 1. The molecule has 0 fully saturated rings. The average Bonchev–Trinajstić information content (AvgIpc) is 3.23. The van der Waals surface area contributed by atoms with Crippen LogP contribution in [0.25, 0.3) is 11.1 Å². The maximum Gasteiger partial charge on any atom is 0.307 e. The number of benzene rings is 4. The molecule has 4 aromatic carbocycles. The van der Waals surface area contributed by atoms with Gasteiger partial charge in [-0.25, -0.2) is 0 Å². The Balaban J connectivity index is 1.35. The maximum absolute atomic E-state index is 14.4. The summed E-state index contributed by atoms with van der Waals surface area (Å²) in [5.74, 6) is -5.08. The highest BCUT2D eigenvalue weighted by molar-refractivity contribution is 5.97. The number of ketones is 1. The quantitative estimate of drug-likeness (QED) is 0.138. The van der Waals surface area contributed by atoms with E-state index in [0.717, 1.165) is 16.7 Å². The summed E-state index contributed by atoms with van der Waals surface area (Å²) in [5.41, 5.74) is 5.14. The van der Waals surface area contributed by atoms with Crippen molar-refractivity contribution in [2.24, 2.45) is 5.92 Å². The SMILES string of the molecule is O=C1CCC(=O)N[C@H](Cc2cccnc2)C(=O)N[C@@H](Cc2ccc(-c3ccccc3)cc2)C(=O)N[C@H](Cc2ccccc2)C(=O)C[C@H](C(=O)O)Cc2ccc(cc2)N1. The number of hydrogen-bond acceptors (Lipinski definition) is 7. The molecule has 0 spiro atoms. The van der Waals surface area contributed by atoms with Crippen molar-refractivity contribution in [1.82, 2.24) is 20.9 Å². The van der Waals surface area contributed by atoms with Crippen molar-refractivity contribution in [3.05, 3.63) is 156 Å². The third-order valence-corrected chi connectivity index (χ3v) is 10.0. The number of rotatable bonds is 8. The summed E-state index contributed by atoms with van der Waals surface area (Å²) < 4.78 is 0. The standard InChI is InChI=1S/C46H45N5O7/c52-41-28-36(46(57)58)24-31-15-19-37(20-16-31)48-42(53)21-22-43(54)49-39(27-33-10-7-23-47-29-33)44(55)51-40(45(56)50-38(41)25-30-8-3-1-4-9-30)26-32-13-17-35(18-14-32)34-11-5-2-6-12-34/h1-20,23,29,36,38-40H,21-22,24-28H2,(H,48,53)(H,49,54)(H,50,56)(H,51,55)(H,57,58)/t36-,38-,39-,40+/m1/s1. The molecule has 0 unspecified atom stereocenters. The van der Waals surface area contributed by atoms with E-state index in [0.29, 0.717) is 22.4 Å². The van der Waals surface area contributed by atoms with E-state index < -0.39 is 59.4 Å². The number of fused-ring (bicyclic) bond motifs is 18. The molecule has 5 N–H and O–H groups in total. The number of carboxylic acid groups (broad SMARTS) is 1. The predicted molar refractivity (Wildman–Crippen MR) is 218 cm³/mol. The van der Waals surface area contributed by atoms with Gasteiger partial charge in [-0.3, -0.25) is 33.8 Å². The van der Waals surface area contributed by atoms with Crippen LogP contribution in [-0.4, -0.2) is 63.6 Å². The summed E-state index contributed by atoms with van der Waals surface area (Å²) in [6, 6.07) is 32.9. The van der Waals surface area contributed by atoms with Crippen molar-refractivity contribution in [1.29, 1.82) is 0 Å². The molecule has 0 aliphatic carbocycles. The molecule has 7 rings (SSSR count). The van der Waals surface area contributed by atoms with Crippen molar-refractivity contribution >= 4 is 41.1 Å². The Labute approximate surface area is 336 Å². The highest BCUT2D eigenvalue weighted by Gasteiger charge is 2.32. The lowest BCUT2D eigenvalue weighted by Crippen LogP contribution is -2.57. The Morgan fingerprint density at radius 3 is 1.78 bits per heavy atom. The van der Waals surface area contributed by atoms with Crippen molar-refractivity contribution < 1.29 is 33.9 Å². The number of carbonyl (C=O) groups excluding carboxylic acids is 5. The Bertz CT molecular complexity index is 2200. The number of nitrogens with one attached hydrogen (secondary N) is 4. The number of aromatic nitrogens is 1. The van der Waals surface area contributed by atoms with Gasteiger partial charge in [0.25, 0.3) is 0 Å². The zero-order chi connectivity index (χ0) is 40.9. The maximum atomic E-state index is 14.4. The van der Waals surface area contributed by atoms with E-state index in [1.807, 2.05) is 72.8 Å². The van der Waals surface area contributed by atoms with Gasteiger partial charge in [0, 0.05) is 50.2 Å². The molecule has 2 aliphatic heterocycles. The summed E-state index contributed by atoms with van der Waals surface area (Å²) in [5, 5.41) is 21.4. The molecule has 12 heteroatoms. The second-order valence-corrected chi connectivity index (χ2v) is 14.4. The van der Waals surface area contributed by atoms with Gasteiger partial charge in [-0.2, -0.15) is 0 Å². The zero-order valence-corrected chi connectivity index (χ0v) is 31.8. The minimum absolute atomic E-state index is 0.0253. The van der Waals surface area contributed by atoms with Crippen molar-refractivity contribution in [2.45, 2.75) is 63.1 Å². The van der Waals surface area contributed by atoms with E-state index >= 15 is 0 Å². The molecule has 1 aromatic heterocycles. The molecule has 0 saturated heterocycles. The van der Waals surface area contributed by atoms with Gasteiger partial charge in [-0.1, -0.05) is 103 Å². The zero-order valence-electron chi connectivity index (χ0n) is 31.8. The fourth-order valence-electron chi connectivity index (χ4n) is 6.87. The number of nitrogens with zero attached hydrogens (tertiary/aromatic N) is 1. The molecule has 12 nitrogen and oxygen atoms in total. The van der Waals surface area contributed by atoms with Gasteiger partial charge in [0.2, 0.25) is 23.6 Å². The third kappa shape index (κ3) is 11.8. The van der Waals surface area contributed by atoms with E-state index in [-0.39, 0.29) is 44.9 Å². The Kier molecular flexibility index (Phi) is 13.9. The van der Waals surface area contributed by atoms with Crippen molar-refractivity contribution in [3.8, 4) is 11.1 Å². The van der Waals surface area contributed by atoms with Gasteiger partial charge >= 0.3 is 5.97 Å². The molecule has 4 atom stereocenters. The summed E-state index contributed by atoms with van der Waals surface area (Å²) in [4.78, 5) is 85.5. The van der Waals surface area contributed by atoms with E-state index in [9.17, 15) is 33.9 Å². The second kappa shape index (κ2) is 19.8. The van der Waals surface area contributed by atoms with Crippen LogP contribution in [-0.2, 0) is 54.5 Å². The lowest BCUT2D eigenvalue weighted by Gasteiger charge is -2.26. The van der Waals surface area contributed by atoms with Gasteiger partial charge < -0.3 is 26.4 Å². The first-order valence-corrected chi connectivity index (χ1v) is 19.2. The number of pyridine rings is 1. The first kappa shape index (κ1) is 40.7. The normalized spacial score (nSPS) is 19.8. The van der Waals surface area contributed by atoms with Gasteiger partial charge in [-0.05, 0) is 64.4 Å². The molecule has 5 aromatic rings. The number of amides is 4. The predicted octanol–water partition coefficient (Wildman–Crippen LogP) is 4.87. The minimum atomic E-state index is -1.22. The molecule has 0 saturated carbocycles. The largest absolute Gasteiger partial charge is 0.481 e. The molecule has 3 heterocycles. The van der Waals surface area contributed by atoms with Crippen molar-refractivity contribution in [3.63, 3.8) is 0 Å². The second-order valence-electron chi connectivity index (χ2n) is 14.4. The van der Waals surface area contributed by atoms with Gasteiger partial charge in [0.05, 0.1) is 12.0 Å².